The van der Waals surface area contributed by atoms with Gasteiger partial charge in [-0.3, -0.25) is 38.4 Å². The minimum atomic E-state index is -2.34. The second kappa shape index (κ2) is 32.0. The molecule has 3 saturated heterocycles. The monoisotopic (exact) mass is 1130 g/mol. The zero-order valence-corrected chi connectivity index (χ0v) is 46.4. The van der Waals surface area contributed by atoms with Gasteiger partial charge in [-0.05, 0) is 55.7 Å². The summed E-state index contributed by atoms with van der Waals surface area (Å²) in [6, 6.07) is -5.43. The molecule has 1 aromatic rings. The molecule has 442 valence electrons. The standard InChI is InChI=1S/C53H82N8O17S/c1-6-28(2)23-29(3)13-11-9-7-8-10-12-14-39(68)55-34-25-38(67)51(79-27-40(69)78-5)59-50(75)44-37(66)20-22-60(44)53(77)42(36(65)19-21-54)57-49(74)43(46(71)45(70)31-15-17-32(63)18-16-31)58-48(73)35-24-33(64)26-61(35)52(76)41(30(4)62)56-47(34)72/h15-18,28-30,33-38,41-46,51,62-67,70-71H,6-14,19-20,22-27H2,1-5H3,(H,55,68)(H,56,72)(H,57,74)(H,58,73)(H,59,75)/t28?,29?,30-,33-,34+,35+,36-,37+,38-,41+,42+,43+,44+,45+,46+,51-/m1/s1. The number of carbonyl (C=O) groups excluding carboxylic acids is 8. The van der Waals surface area contributed by atoms with Gasteiger partial charge in [0.05, 0.1) is 55.9 Å². The second-order valence-electron chi connectivity index (χ2n) is 21.1. The Morgan fingerprint density at radius 1 is 0.785 bits per heavy atom. The summed E-state index contributed by atoms with van der Waals surface area (Å²) in [5.41, 5.74) is -0.100. The predicted molar refractivity (Wildman–Crippen MR) is 284 cm³/mol. The van der Waals surface area contributed by atoms with E-state index in [1.165, 1.54) is 18.6 Å². The summed E-state index contributed by atoms with van der Waals surface area (Å²) in [7, 11) is 1.08. The largest absolute Gasteiger partial charge is 0.508 e. The average Bonchev–Trinajstić information content (AvgIpc) is 4.04. The van der Waals surface area contributed by atoms with Gasteiger partial charge in [0.25, 0.3) is 0 Å². The van der Waals surface area contributed by atoms with E-state index in [0.29, 0.717) is 36.4 Å². The molecule has 0 saturated carbocycles. The van der Waals surface area contributed by atoms with Gasteiger partial charge in [0, 0.05) is 32.4 Å². The van der Waals surface area contributed by atoms with E-state index in [1.807, 2.05) is 0 Å². The van der Waals surface area contributed by atoms with E-state index in [4.69, 9.17) is 4.74 Å². The van der Waals surface area contributed by atoms with Crippen molar-refractivity contribution >= 4 is 59.1 Å². The third kappa shape index (κ3) is 19.3. The fraction of sp³-hybridized carbons (Fsp3) is 0.717. The summed E-state index contributed by atoms with van der Waals surface area (Å²) in [5, 5.41) is 109. The first-order valence-corrected chi connectivity index (χ1v) is 28.2. The fourth-order valence-corrected chi connectivity index (χ4v) is 11.0. The average molecular weight is 1140 g/mol. The highest BCUT2D eigenvalue weighted by Crippen LogP contribution is 2.28. The van der Waals surface area contributed by atoms with Crippen LogP contribution in [-0.2, 0) is 43.1 Å². The highest BCUT2D eigenvalue weighted by Gasteiger charge is 2.49. The van der Waals surface area contributed by atoms with Crippen LogP contribution in [0.2, 0.25) is 0 Å². The van der Waals surface area contributed by atoms with Crippen LogP contribution in [-0.4, -0.2) is 202 Å². The highest BCUT2D eigenvalue weighted by molar-refractivity contribution is 8.00. The Kier molecular flexibility index (Phi) is 26.6. The summed E-state index contributed by atoms with van der Waals surface area (Å²) in [6.07, 6.45) is -7.12. The Morgan fingerprint density at radius 3 is 2.04 bits per heavy atom. The number of nitrogens with zero attached hydrogens (tertiary/aromatic N) is 3. The van der Waals surface area contributed by atoms with Crippen molar-refractivity contribution in [2.75, 3.05) is 26.0 Å². The third-order valence-corrected chi connectivity index (χ3v) is 16.0. The predicted octanol–water partition coefficient (Wildman–Crippen LogP) is -1.39. The number of esters is 1. The number of aliphatic hydroxyl groups is 7. The molecule has 7 amide bonds. The lowest BCUT2D eigenvalue weighted by Gasteiger charge is -2.34. The molecule has 16 atom stereocenters. The second-order valence-corrected chi connectivity index (χ2v) is 22.3. The molecule has 0 radical (unpaired) electrons. The summed E-state index contributed by atoms with van der Waals surface area (Å²) >= 11 is 0.605. The number of carbonyl (C=O) groups is 8. The van der Waals surface area contributed by atoms with Crippen molar-refractivity contribution in [3.63, 3.8) is 0 Å². The van der Waals surface area contributed by atoms with Crippen molar-refractivity contribution in [3.05, 3.63) is 29.8 Å². The van der Waals surface area contributed by atoms with Crippen LogP contribution in [0.25, 0.3) is 0 Å². The number of aliphatic hydroxyl groups excluding tert-OH is 7. The van der Waals surface area contributed by atoms with E-state index >= 15 is 0 Å². The van der Waals surface area contributed by atoms with E-state index in [2.05, 4.69) is 47.4 Å². The van der Waals surface area contributed by atoms with Crippen molar-refractivity contribution in [2.24, 2.45) is 11.8 Å². The molecule has 1 aromatic carbocycles. The lowest BCUT2D eigenvalue weighted by molar-refractivity contribution is -0.148. The Morgan fingerprint density at radius 2 is 1.41 bits per heavy atom. The van der Waals surface area contributed by atoms with Gasteiger partial charge in [0.1, 0.15) is 59.6 Å². The van der Waals surface area contributed by atoms with Crippen molar-refractivity contribution in [2.45, 2.75) is 202 Å². The SMILES string of the molecule is CCC(C)CC(C)CCCCCCCCC(=O)N[C@H]1C[C@@H](O)[C@@H](SCC(=O)OC)NC(=O)[C@@H]2[C@@H](O)CCN2C(=O)[C@H]([C@H](O)CC#N)NC(=O)[C@H]([C@H](O)[C@@H](O)c2ccc(O)cc2)NC(=O)[C@@H]2C[C@@H](O)CN2C(=O)[C@H]([C@@H](C)O)NC1=O. The normalized spacial score (nSPS) is 28.0. The molecule has 13 N–H and O–H groups in total. The van der Waals surface area contributed by atoms with Gasteiger partial charge in [0.15, 0.2) is 0 Å². The summed E-state index contributed by atoms with van der Waals surface area (Å²) < 4.78 is 4.76. The number of phenols is 1. The number of rotatable bonds is 22. The van der Waals surface area contributed by atoms with Crippen LogP contribution in [0.1, 0.15) is 129 Å². The van der Waals surface area contributed by atoms with Crippen LogP contribution < -0.4 is 26.6 Å². The van der Waals surface area contributed by atoms with Crippen LogP contribution >= 0.6 is 11.8 Å². The molecule has 3 aliphatic heterocycles. The first kappa shape index (κ1) is 65.9. The maximum atomic E-state index is 14.6. The minimum Gasteiger partial charge on any atom is -0.508 e. The maximum absolute atomic E-state index is 14.6. The molecule has 0 aliphatic carbocycles. The Hall–Kier alpha value is -5.66. The Balaban J connectivity index is 1.76. The van der Waals surface area contributed by atoms with E-state index < -0.39 is 170 Å². The van der Waals surface area contributed by atoms with Crippen molar-refractivity contribution in [1.82, 2.24) is 36.4 Å². The molecule has 26 heteroatoms. The van der Waals surface area contributed by atoms with E-state index in [9.17, 15) is 84.5 Å². The van der Waals surface area contributed by atoms with Crippen LogP contribution in [0, 0.1) is 23.2 Å². The first-order valence-electron chi connectivity index (χ1n) is 27.1. The van der Waals surface area contributed by atoms with Crippen LogP contribution in [0.4, 0.5) is 0 Å². The smallest absolute Gasteiger partial charge is 0.315 e. The molecule has 0 spiro atoms. The van der Waals surface area contributed by atoms with Crippen molar-refractivity contribution < 1.29 is 83.9 Å². The Labute approximate surface area is 464 Å². The number of unbranched alkanes of at least 4 members (excludes halogenated alkanes) is 5. The number of ether oxygens (including phenoxy) is 1. The number of hydrogen-bond acceptors (Lipinski definition) is 19. The topological polar surface area (TPSA) is 398 Å². The molecule has 25 nitrogen and oxygen atoms in total. The lowest BCUT2D eigenvalue weighted by Crippen LogP contribution is -2.64. The van der Waals surface area contributed by atoms with Gasteiger partial charge in [-0.1, -0.05) is 77.8 Å². The number of phenolic OH excluding ortho intramolecular Hbond substituents is 1. The number of nitriles is 1. The molecular formula is C53H82N8O17S. The number of fused-ring (bicyclic) bond motifs is 2. The van der Waals surface area contributed by atoms with Crippen LogP contribution in [0.15, 0.2) is 24.3 Å². The fourth-order valence-electron chi connectivity index (χ4n) is 10.0. The first-order chi connectivity index (χ1) is 37.4. The summed E-state index contributed by atoms with van der Waals surface area (Å²) in [4.78, 5) is 114. The number of amides is 7. The zero-order chi connectivity index (χ0) is 58.7. The van der Waals surface area contributed by atoms with Gasteiger partial charge < -0.3 is 82.0 Å². The quantitative estimate of drug-likeness (QED) is 0.0470. The van der Waals surface area contributed by atoms with E-state index in [1.54, 1.807) is 6.07 Å². The minimum absolute atomic E-state index is 0.0726. The van der Waals surface area contributed by atoms with Crippen LogP contribution in [0.5, 0.6) is 5.75 Å². The van der Waals surface area contributed by atoms with Gasteiger partial charge >= 0.3 is 5.97 Å². The number of thioether (sulfide) groups is 1. The molecule has 2 unspecified atom stereocenters. The number of methoxy groups -OCH3 is 1. The van der Waals surface area contributed by atoms with E-state index in [-0.39, 0.29) is 24.2 Å². The number of benzene rings is 1. The molecule has 4 rings (SSSR count). The molecular weight excluding hydrogens is 1050 g/mol. The number of nitrogens with one attached hydrogen (secondary N) is 5. The van der Waals surface area contributed by atoms with Gasteiger partial charge in [-0.2, -0.15) is 5.26 Å². The van der Waals surface area contributed by atoms with Crippen LogP contribution in [0.3, 0.4) is 0 Å². The molecule has 79 heavy (non-hydrogen) atoms. The third-order valence-electron chi connectivity index (χ3n) is 14.8. The number of hydrogen-bond donors (Lipinski definition) is 13. The van der Waals surface area contributed by atoms with Crippen molar-refractivity contribution in [3.8, 4) is 11.8 Å². The number of aromatic hydroxyl groups is 1. The molecule has 0 aromatic heterocycles. The van der Waals surface area contributed by atoms with E-state index in [0.717, 1.165) is 74.5 Å². The lowest BCUT2D eigenvalue weighted by atomic mass is 9.91. The summed E-state index contributed by atoms with van der Waals surface area (Å²) in [5.74, 6) is -8.39. The van der Waals surface area contributed by atoms with Gasteiger partial charge in [-0.25, -0.2) is 0 Å². The Bertz CT molecular complexity index is 2260. The zero-order valence-electron chi connectivity index (χ0n) is 45.6. The van der Waals surface area contributed by atoms with Gasteiger partial charge in [-0.15, -0.1) is 11.8 Å². The highest BCUT2D eigenvalue weighted by atomic mass is 32.2. The van der Waals surface area contributed by atoms with Gasteiger partial charge in [0.2, 0.25) is 41.4 Å². The molecule has 3 aliphatic rings. The molecule has 0 bridgehead atoms. The summed E-state index contributed by atoms with van der Waals surface area (Å²) in [6.45, 7) is 6.84. The molecule has 3 heterocycles. The maximum Gasteiger partial charge on any atom is 0.315 e. The van der Waals surface area contributed by atoms with Crippen molar-refractivity contribution in [1.29, 1.82) is 5.26 Å². The molecule has 3 fully saturated rings.